The topological polar surface area (TPSA) is 66.5 Å². The summed E-state index contributed by atoms with van der Waals surface area (Å²) in [6, 6.07) is 5.69. The first kappa shape index (κ1) is 26.8. The molecule has 0 saturated heterocycles. The number of pyridine rings is 1. The lowest BCUT2D eigenvalue weighted by molar-refractivity contribution is 0.195. The molecule has 1 aromatic carbocycles. The van der Waals surface area contributed by atoms with Crippen LogP contribution in [0.3, 0.4) is 0 Å². The Morgan fingerprint density at radius 3 is 2.39 bits per heavy atom. The number of allylic oxidation sites excluding steroid dienone is 2. The Hall–Kier alpha value is -2.43. The number of hydrogen-bond acceptors (Lipinski definition) is 4. The second kappa shape index (κ2) is 14.0. The Morgan fingerprint density at radius 2 is 1.73 bits per heavy atom. The van der Waals surface area contributed by atoms with Gasteiger partial charge in [0, 0.05) is 24.0 Å². The van der Waals surface area contributed by atoms with Gasteiger partial charge in [0.25, 0.3) is 5.56 Å². The van der Waals surface area contributed by atoms with Gasteiger partial charge in [-0.1, -0.05) is 65.7 Å². The van der Waals surface area contributed by atoms with Crippen molar-refractivity contribution < 1.29 is 9.47 Å². The average Bonchev–Trinajstić information content (AvgIpc) is 2.81. The molecule has 1 aromatic heterocycles. The molecule has 184 valence electrons. The fraction of sp³-hybridized carbons (Fsp3) is 0.607. The van der Waals surface area contributed by atoms with E-state index in [1.165, 1.54) is 25.7 Å². The van der Waals surface area contributed by atoms with Gasteiger partial charge >= 0.3 is 0 Å². The van der Waals surface area contributed by atoms with E-state index >= 15 is 0 Å². The van der Waals surface area contributed by atoms with Crippen molar-refractivity contribution in [1.29, 1.82) is 0 Å². The molecule has 5 nitrogen and oxygen atoms in total. The minimum atomic E-state index is -0.133. The monoisotopic (exact) mass is 456 g/mol. The SMILES string of the molecule is CC=C(CC)Oc1c(OC(C)CCCC)c(=O)n(CCCCCCCC)c2cc(N)ccc12. The minimum absolute atomic E-state index is 0.0654. The number of rotatable bonds is 15. The maximum Gasteiger partial charge on any atom is 0.297 e. The molecule has 2 N–H and O–H groups in total. The van der Waals surface area contributed by atoms with Crippen molar-refractivity contribution in [3.8, 4) is 11.5 Å². The van der Waals surface area contributed by atoms with Crippen LogP contribution in [0.15, 0.2) is 34.8 Å². The van der Waals surface area contributed by atoms with Gasteiger partial charge in [0.2, 0.25) is 5.75 Å². The number of nitrogens with two attached hydrogens (primary N) is 1. The lowest BCUT2D eigenvalue weighted by atomic mass is 10.1. The Morgan fingerprint density at radius 1 is 1.03 bits per heavy atom. The van der Waals surface area contributed by atoms with E-state index in [0.29, 0.717) is 23.7 Å². The fourth-order valence-corrected chi connectivity index (χ4v) is 4.11. The number of fused-ring (bicyclic) bond motifs is 1. The first-order valence-corrected chi connectivity index (χ1v) is 12.9. The molecular weight excluding hydrogens is 412 g/mol. The van der Waals surface area contributed by atoms with Crippen molar-refractivity contribution in [2.45, 2.75) is 111 Å². The van der Waals surface area contributed by atoms with Crippen LogP contribution in [0.4, 0.5) is 5.69 Å². The number of nitrogen functional groups attached to an aromatic ring is 1. The van der Waals surface area contributed by atoms with E-state index in [4.69, 9.17) is 15.2 Å². The van der Waals surface area contributed by atoms with Gasteiger partial charge in [-0.25, -0.2) is 0 Å². The molecule has 1 heterocycles. The highest BCUT2D eigenvalue weighted by Gasteiger charge is 2.22. The summed E-state index contributed by atoms with van der Waals surface area (Å²) in [7, 11) is 0. The summed E-state index contributed by atoms with van der Waals surface area (Å²) < 4.78 is 14.4. The van der Waals surface area contributed by atoms with Gasteiger partial charge in [-0.05, 0) is 51.0 Å². The van der Waals surface area contributed by atoms with Crippen molar-refractivity contribution in [2.24, 2.45) is 0 Å². The van der Waals surface area contributed by atoms with Crippen molar-refractivity contribution in [3.05, 3.63) is 40.4 Å². The standard InChI is InChI=1S/C28H44N2O3/c1-6-10-12-13-14-15-19-30-25-20-22(29)17-18-24(25)26(33-23(8-3)9-4)27(28(30)31)32-21(5)16-11-7-2/h8,17-18,20-21H,6-7,9-16,19,29H2,1-5H3. The first-order valence-electron chi connectivity index (χ1n) is 12.9. The van der Waals surface area contributed by atoms with Gasteiger partial charge in [-0.15, -0.1) is 0 Å². The largest absolute Gasteiger partial charge is 0.482 e. The van der Waals surface area contributed by atoms with Crippen LogP contribution < -0.4 is 20.8 Å². The van der Waals surface area contributed by atoms with Crippen molar-refractivity contribution in [3.63, 3.8) is 0 Å². The van der Waals surface area contributed by atoms with E-state index in [2.05, 4.69) is 13.8 Å². The highest BCUT2D eigenvalue weighted by molar-refractivity contribution is 5.90. The molecular formula is C28H44N2O3. The normalized spacial score (nSPS) is 12.8. The van der Waals surface area contributed by atoms with E-state index in [0.717, 1.165) is 55.2 Å². The number of benzene rings is 1. The van der Waals surface area contributed by atoms with E-state index in [1.807, 2.05) is 49.6 Å². The summed E-state index contributed by atoms with van der Waals surface area (Å²) in [4.78, 5) is 13.7. The van der Waals surface area contributed by atoms with E-state index in [9.17, 15) is 4.79 Å². The Balaban J connectivity index is 2.53. The van der Waals surface area contributed by atoms with Crippen LogP contribution in [0.1, 0.15) is 98.8 Å². The number of nitrogens with zero attached hydrogens (tertiary/aromatic N) is 1. The summed E-state index contributed by atoms with van der Waals surface area (Å²) in [5, 5.41) is 0.861. The molecule has 0 radical (unpaired) electrons. The zero-order valence-electron chi connectivity index (χ0n) is 21.4. The van der Waals surface area contributed by atoms with Crippen molar-refractivity contribution in [1.82, 2.24) is 4.57 Å². The number of unbranched alkanes of at least 4 members (excludes halogenated alkanes) is 6. The molecule has 5 heteroatoms. The third kappa shape index (κ3) is 7.55. The highest BCUT2D eigenvalue weighted by Crippen LogP contribution is 2.36. The Kier molecular flexibility index (Phi) is 11.4. The van der Waals surface area contributed by atoms with E-state index < -0.39 is 0 Å². The summed E-state index contributed by atoms with van der Waals surface area (Å²) in [5.74, 6) is 1.63. The number of anilines is 1. The third-order valence-corrected chi connectivity index (χ3v) is 6.12. The van der Waals surface area contributed by atoms with Gasteiger partial charge in [0.1, 0.15) is 0 Å². The molecule has 1 atom stereocenters. The zero-order valence-corrected chi connectivity index (χ0v) is 21.4. The van der Waals surface area contributed by atoms with Gasteiger partial charge in [-0.2, -0.15) is 0 Å². The Bertz CT molecular complexity index is 962. The van der Waals surface area contributed by atoms with Gasteiger partial charge < -0.3 is 19.8 Å². The lowest BCUT2D eigenvalue weighted by Crippen LogP contribution is -2.26. The van der Waals surface area contributed by atoms with Crippen LogP contribution in [-0.4, -0.2) is 10.7 Å². The fourth-order valence-electron chi connectivity index (χ4n) is 4.11. The molecule has 0 bridgehead atoms. The maximum absolute atomic E-state index is 13.7. The van der Waals surface area contributed by atoms with E-state index in [-0.39, 0.29) is 11.7 Å². The van der Waals surface area contributed by atoms with Crippen molar-refractivity contribution >= 4 is 16.6 Å². The summed E-state index contributed by atoms with van der Waals surface area (Å²) in [6.45, 7) is 11.0. The molecule has 0 amide bonds. The molecule has 2 aromatic rings. The molecule has 0 aliphatic heterocycles. The van der Waals surface area contributed by atoms with Crippen LogP contribution >= 0.6 is 0 Å². The zero-order chi connectivity index (χ0) is 24.2. The maximum atomic E-state index is 13.7. The quantitative estimate of drug-likeness (QED) is 0.170. The second-order valence-electron chi connectivity index (χ2n) is 8.94. The van der Waals surface area contributed by atoms with Crippen LogP contribution in [0.2, 0.25) is 0 Å². The molecule has 0 spiro atoms. The van der Waals surface area contributed by atoms with E-state index in [1.54, 1.807) is 0 Å². The van der Waals surface area contributed by atoms with Gasteiger partial charge in [0.05, 0.1) is 17.4 Å². The second-order valence-corrected chi connectivity index (χ2v) is 8.94. The van der Waals surface area contributed by atoms with Crippen LogP contribution in [0, 0.1) is 0 Å². The lowest BCUT2D eigenvalue weighted by Gasteiger charge is -2.22. The number of aromatic nitrogens is 1. The number of hydrogen-bond donors (Lipinski definition) is 1. The third-order valence-electron chi connectivity index (χ3n) is 6.12. The molecule has 33 heavy (non-hydrogen) atoms. The predicted molar refractivity (Wildman–Crippen MR) is 140 cm³/mol. The minimum Gasteiger partial charge on any atom is -0.482 e. The van der Waals surface area contributed by atoms with Gasteiger partial charge in [0.15, 0.2) is 5.75 Å². The molecule has 0 aliphatic rings. The first-order chi connectivity index (χ1) is 16.0. The molecule has 0 fully saturated rings. The summed E-state index contributed by atoms with van der Waals surface area (Å²) >= 11 is 0. The molecule has 2 rings (SSSR count). The van der Waals surface area contributed by atoms with Crippen LogP contribution in [0.25, 0.3) is 10.9 Å². The van der Waals surface area contributed by atoms with Gasteiger partial charge in [-0.3, -0.25) is 4.79 Å². The smallest absolute Gasteiger partial charge is 0.297 e. The summed E-state index contributed by atoms with van der Waals surface area (Å²) in [6.07, 6.45) is 12.7. The summed E-state index contributed by atoms with van der Waals surface area (Å²) in [5.41, 5.74) is 7.44. The van der Waals surface area contributed by atoms with Crippen LogP contribution in [0.5, 0.6) is 11.5 Å². The molecule has 0 saturated carbocycles. The molecule has 0 aliphatic carbocycles. The predicted octanol–water partition coefficient (Wildman–Crippen LogP) is 7.59. The Labute approximate surface area is 200 Å². The van der Waals surface area contributed by atoms with Crippen molar-refractivity contribution in [2.75, 3.05) is 5.73 Å². The highest BCUT2D eigenvalue weighted by atomic mass is 16.5. The van der Waals surface area contributed by atoms with Crippen LogP contribution in [-0.2, 0) is 6.54 Å². The number of aryl methyl sites for hydroxylation is 1. The average molecular weight is 457 g/mol. The number of ether oxygens (including phenoxy) is 2. The molecule has 1 unspecified atom stereocenters.